The number of aromatic amines is 1. The maximum atomic E-state index is 12.4. The second-order valence-electron chi connectivity index (χ2n) is 11.0. The zero-order valence-corrected chi connectivity index (χ0v) is 25.1. The number of imidazole rings is 1. The van der Waals surface area contributed by atoms with Crippen molar-refractivity contribution < 1.29 is 0 Å². The molecule has 2 aromatic rings. The summed E-state index contributed by atoms with van der Waals surface area (Å²) in [6, 6.07) is 8.31. The Kier molecular flexibility index (Phi) is 11.1. The Balaban J connectivity index is 0.000000285. The molecule has 6 heteroatoms. The third kappa shape index (κ3) is 7.48. The number of benzene rings is 1. The summed E-state index contributed by atoms with van der Waals surface area (Å²) in [6.07, 6.45) is 27.5. The first-order valence-corrected chi connectivity index (χ1v) is 15.4. The molecule has 0 spiro atoms. The Bertz CT molecular complexity index is 1280. The maximum absolute atomic E-state index is 12.4. The van der Waals surface area contributed by atoms with E-state index in [-0.39, 0.29) is 5.69 Å². The summed E-state index contributed by atoms with van der Waals surface area (Å²) < 4.78 is 1.97. The topological polar surface area (TPSA) is 47.5 Å². The summed E-state index contributed by atoms with van der Waals surface area (Å²) in [5, 5.41) is 0. The minimum Gasteiger partial charge on any atom is -0.355 e. The smallest absolute Gasteiger partial charge is 0.326 e. The number of fused-ring (bicyclic) bond motifs is 2. The lowest BCUT2D eigenvalue weighted by molar-refractivity contribution is 0.183. The van der Waals surface area contributed by atoms with Gasteiger partial charge in [0.2, 0.25) is 0 Å². The Labute approximate surface area is 241 Å². The first kappa shape index (κ1) is 29.7. The van der Waals surface area contributed by atoms with Crippen molar-refractivity contribution in [3.63, 3.8) is 0 Å². The second kappa shape index (κ2) is 14.9. The van der Waals surface area contributed by atoms with Gasteiger partial charge < -0.3 is 19.7 Å². The van der Waals surface area contributed by atoms with Gasteiger partial charge in [-0.1, -0.05) is 55.9 Å². The molecule has 3 aliphatic heterocycles. The first-order valence-electron chi connectivity index (χ1n) is 15.4. The predicted octanol–water partition coefficient (Wildman–Crippen LogP) is 7.33. The van der Waals surface area contributed by atoms with Crippen LogP contribution >= 0.6 is 0 Å². The third-order valence-corrected chi connectivity index (χ3v) is 8.19. The Morgan fingerprint density at radius 1 is 1.05 bits per heavy atom. The molecular formula is C34H49N5O. The molecule has 1 atom stereocenters. The van der Waals surface area contributed by atoms with Crippen molar-refractivity contribution in [3.8, 4) is 0 Å². The van der Waals surface area contributed by atoms with Crippen LogP contribution in [0.5, 0.6) is 0 Å². The molecule has 1 aliphatic carbocycles. The van der Waals surface area contributed by atoms with E-state index in [9.17, 15) is 4.79 Å². The minimum atomic E-state index is 0.0279. The largest absolute Gasteiger partial charge is 0.355 e. The van der Waals surface area contributed by atoms with E-state index < -0.39 is 0 Å². The van der Waals surface area contributed by atoms with Gasteiger partial charge in [0.15, 0.2) is 0 Å². The molecule has 216 valence electrons. The number of allylic oxidation sites excluding steroid dienone is 7. The number of piperidine rings is 1. The highest BCUT2D eigenvalue weighted by molar-refractivity contribution is 5.75. The van der Waals surface area contributed by atoms with Gasteiger partial charge in [0, 0.05) is 44.3 Å². The summed E-state index contributed by atoms with van der Waals surface area (Å²) in [6.45, 7) is 9.46. The highest BCUT2D eigenvalue weighted by atomic mass is 16.1. The van der Waals surface area contributed by atoms with E-state index in [2.05, 4.69) is 82.5 Å². The summed E-state index contributed by atoms with van der Waals surface area (Å²) in [4.78, 5) is 22.6. The van der Waals surface area contributed by atoms with E-state index in [4.69, 9.17) is 0 Å². The number of likely N-dealkylation sites (N-methyl/N-ethyl adjacent to an activating group) is 1. The van der Waals surface area contributed by atoms with Crippen LogP contribution in [0.3, 0.4) is 0 Å². The van der Waals surface area contributed by atoms with Gasteiger partial charge >= 0.3 is 5.69 Å². The Morgan fingerprint density at radius 3 is 2.67 bits per heavy atom. The normalized spacial score (nSPS) is 23.1. The number of rotatable bonds is 5. The molecule has 40 heavy (non-hydrogen) atoms. The zero-order chi connectivity index (χ0) is 28.3. The fourth-order valence-corrected chi connectivity index (χ4v) is 6.06. The van der Waals surface area contributed by atoms with Crippen molar-refractivity contribution in [1.29, 1.82) is 0 Å². The number of hydrogen-bond donors (Lipinski definition) is 1. The van der Waals surface area contributed by atoms with Gasteiger partial charge in [-0.25, -0.2) is 4.79 Å². The molecule has 6 nitrogen and oxygen atoms in total. The molecule has 0 bridgehead atoms. The van der Waals surface area contributed by atoms with Crippen LogP contribution in [-0.4, -0.2) is 57.1 Å². The number of aromatic nitrogens is 2. The maximum Gasteiger partial charge on any atom is 0.326 e. The van der Waals surface area contributed by atoms with E-state index in [1.165, 1.54) is 25.0 Å². The van der Waals surface area contributed by atoms with Gasteiger partial charge in [-0.2, -0.15) is 0 Å². The predicted molar refractivity (Wildman–Crippen MR) is 169 cm³/mol. The standard InChI is InChI=1S/C23H29N5O.C9H14.C2H6/c1-25-17-19(27-14-5-4-10-22(25)27)7-6-13-26-15-11-18(12-16-26)28-21-9-3-2-8-20(21)24-23(28)29;1-9-7-5-3-2-4-6-8-9;1-2/h2-5,8-10,14,17-18,22H,6-7,11-13,15-16H2,1H3,(H,24,29);2-3,7H,4-6,8H2,1H3;1-2H3/b;3-2-,9-7-;. The Morgan fingerprint density at radius 2 is 1.85 bits per heavy atom. The van der Waals surface area contributed by atoms with Crippen LogP contribution < -0.4 is 5.69 Å². The fourth-order valence-electron chi connectivity index (χ4n) is 6.06. The number of hydrogen-bond acceptors (Lipinski definition) is 4. The summed E-state index contributed by atoms with van der Waals surface area (Å²) >= 11 is 0. The molecule has 1 saturated heterocycles. The van der Waals surface area contributed by atoms with E-state index in [0.29, 0.717) is 12.2 Å². The van der Waals surface area contributed by atoms with Crippen LogP contribution in [0.25, 0.3) is 11.0 Å². The molecule has 6 rings (SSSR count). The van der Waals surface area contributed by atoms with Crippen LogP contribution in [0.1, 0.15) is 78.2 Å². The Hall–Kier alpha value is -3.25. The van der Waals surface area contributed by atoms with Gasteiger partial charge in [-0.15, -0.1) is 0 Å². The number of likely N-dealkylation sites (tertiary alicyclic amines) is 1. The number of nitrogens with one attached hydrogen (secondary N) is 1. The van der Waals surface area contributed by atoms with Crippen molar-refractivity contribution in [3.05, 3.63) is 94.9 Å². The van der Waals surface area contributed by atoms with Gasteiger partial charge in [-0.3, -0.25) is 4.57 Å². The molecule has 0 amide bonds. The zero-order valence-electron chi connectivity index (χ0n) is 25.1. The van der Waals surface area contributed by atoms with Crippen molar-refractivity contribution in [2.75, 3.05) is 26.7 Å². The van der Waals surface area contributed by atoms with Crippen molar-refractivity contribution in [2.24, 2.45) is 0 Å². The monoisotopic (exact) mass is 543 g/mol. The minimum absolute atomic E-state index is 0.0279. The number of para-hydroxylation sites is 2. The van der Waals surface area contributed by atoms with Crippen LogP contribution in [0.2, 0.25) is 0 Å². The fraction of sp³-hybridized carbons (Fsp3) is 0.500. The molecule has 0 saturated carbocycles. The SMILES string of the molecule is C/C1=C/C/C=C\CCC1.CC.CN1C=C(CCCN2CCC(n3c(=O)[nH]c4ccccc43)CC2)N2C=CC=CC12. The number of nitrogens with zero attached hydrogens (tertiary/aromatic N) is 4. The van der Waals surface area contributed by atoms with Gasteiger partial charge in [0.1, 0.15) is 6.17 Å². The molecule has 0 radical (unpaired) electrons. The summed E-state index contributed by atoms with van der Waals surface area (Å²) in [7, 11) is 2.14. The average Bonchev–Trinajstić information content (AvgIpc) is 3.48. The molecular weight excluding hydrogens is 494 g/mol. The second-order valence-corrected chi connectivity index (χ2v) is 11.0. The quantitative estimate of drug-likeness (QED) is 0.401. The van der Waals surface area contributed by atoms with E-state index >= 15 is 0 Å². The average molecular weight is 544 g/mol. The lowest BCUT2D eigenvalue weighted by Crippen LogP contribution is -2.37. The highest BCUT2D eigenvalue weighted by Crippen LogP contribution is 2.29. The molecule has 1 N–H and O–H groups in total. The van der Waals surface area contributed by atoms with Crippen LogP contribution in [0.4, 0.5) is 0 Å². The van der Waals surface area contributed by atoms with Gasteiger partial charge in [0.05, 0.1) is 11.0 Å². The molecule has 1 fully saturated rings. The van der Waals surface area contributed by atoms with E-state index in [0.717, 1.165) is 62.8 Å². The van der Waals surface area contributed by atoms with Gasteiger partial charge in [0.25, 0.3) is 0 Å². The van der Waals surface area contributed by atoms with Crippen molar-refractivity contribution >= 4 is 11.0 Å². The summed E-state index contributed by atoms with van der Waals surface area (Å²) in [5.41, 5.74) is 4.96. The molecule has 1 aromatic heterocycles. The first-order chi connectivity index (χ1) is 19.6. The lowest BCUT2D eigenvalue weighted by atomic mass is 10.0. The number of H-pyrrole nitrogens is 1. The lowest BCUT2D eigenvalue weighted by Gasteiger charge is -2.33. The molecule has 4 aliphatic rings. The van der Waals surface area contributed by atoms with E-state index in [1.807, 2.05) is 42.7 Å². The van der Waals surface area contributed by atoms with Crippen LogP contribution in [0.15, 0.2) is 89.2 Å². The van der Waals surface area contributed by atoms with Crippen LogP contribution in [-0.2, 0) is 0 Å². The van der Waals surface area contributed by atoms with Crippen molar-refractivity contribution in [1.82, 2.24) is 24.3 Å². The highest BCUT2D eigenvalue weighted by Gasteiger charge is 2.28. The molecule has 4 heterocycles. The van der Waals surface area contributed by atoms with Crippen LogP contribution in [0, 0.1) is 0 Å². The van der Waals surface area contributed by atoms with Gasteiger partial charge in [-0.05, 0) is 89.1 Å². The molecule has 1 aromatic carbocycles. The van der Waals surface area contributed by atoms with E-state index in [1.54, 1.807) is 5.57 Å². The summed E-state index contributed by atoms with van der Waals surface area (Å²) in [5.74, 6) is 0. The van der Waals surface area contributed by atoms with Crippen molar-refractivity contribution in [2.45, 2.75) is 84.3 Å². The third-order valence-electron chi connectivity index (χ3n) is 8.19. The molecule has 1 unspecified atom stereocenters.